The fraction of sp³-hybridized carbons (Fsp3) is 0.455. The molecule has 1 atom stereocenters. The van der Waals surface area contributed by atoms with Crippen molar-refractivity contribution in [3.8, 4) is 0 Å². The molecule has 2 nitrogen and oxygen atoms in total. The van der Waals surface area contributed by atoms with Crippen molar-refractivity contribution in [2.45, 2.75) is 13.0 Å². The Morgan fingerprint density at radius 1 is 1.38 bits per heavy atom. The van der Waals surface area contributed by atoms with E-state index in [-0.39, 0.29) is 10.5 Å². The molecule has 0 spiro atoms. The first kappa shape index (κ1) is 11.8. The first-order valence-electron chi connectivity index (χ1n) is 5.22. The molecule has 1 aromatic rings. The van der Waals surface area contributed by atoms with Crippen LogP contribution in [0, 0.1) is 11.6 Å². The van der Waals surface area contributed by atoms with Gasteiger partial charge in [-0.15, -0.1) is 0 Å². The number of nitrogens with zero attached hydrogens (tertiary/aromatic N) is 1. The highest BCUT2D eigenvalue weighted by Gasteiger charge is 2.23. The summed E-state index contributed by atoms with van der Waals surface area (Å²) in [6.07, 6.45) is 0. The van der Waals surface area contributed by atoms with Gasteiger partial charge < -0.3 is 10.2 Å². The van der Waals surface area contributed by atoms with Crippen LogP contribution in [0.2, 0.25) is 0 Å². The molecule has 1 N–H and O–H groups in total. The quantitative estimate of drug-likeness (QED) is 0.800. The molecular weight excluding hydrogens is 278 g/mol. The number of anilines is 1. The summed E-state index contributed by atoms with van der Waals surface area (Å²) in [5.74, 6) is -1.59. The third kappa shape index (κ3) is 2.06. The van der Waals surface area contributed by atoms with Gasteiger partial charge in [-0.05, 0) is 35.0 Å². The van der Waals surface area contributed by atoms with E-state index < -0.39 is 11.6 Å². The van der Waals surface area contributed by atoms with Crippen molar-refractivity contribution in [3.05, 3.63) is 28.2 Å². The zero-order valence-electron chi connectivity index (χ0n) is 8.93. The lowest BCUT2D eigenvalue weighted by Crippen LogP contribution is -2.50. The number of rotatable bonds is 1. The highest BCUT2D eigenvalue weighted by atomic mass is 79.9. The van der Waals surface area contributed by atoms with Gasteiger partial charge in [0.25, 0.3) is 0 Å². The van der Waals surface area contributed by atoms with Crippen LogP contribution in [0.15, 0.2) is 16.6 Å². The molecule has 1 aliphatic heterocycles. The minimum Gasteiger partial charge on any atom is -0.364 e. The second-order valence-electron chi connectivity index (χ2n) is 3.94. The maximum atomic E-state index is 13.8. The van der Waals surface area contributed by atoms with E-state index in [9.17, 15) is 8.78 Å². The Hall–Kier alpha value is -0.680. The van der Waals surface area contributed by atoms with E-state index in [1.807, 2.05) is 11.8 Å². The van der Waals surface area contributed by atoms with E-state index in [4.69, 9.17) is 0 Å². The van der Waals surface area contributed by atoms with Crippen LogP contribution in [0.4, 0.5) is 14.5 Å². The van der Waals surface area contributed by atoms with Gasteiger partial charge in [-0.3, -0.25) is 0 Å². The molecule has 0 radical (unpaired) electrons. The molecule has 1 heterocycles. The normalized spacial score (nSPS) is 21.2. The molecule has 1 saturated heterocycles. The number of piperazine rings is 1. The van der Waals surface area contributed by atoms with Gasteiger partial charge in [0.05, 0.1) is 10.2 Å². The van der Waals surface area contributed by atoms with Crippen molar-refractivity contribution in [1.82, 2.24) is 5.32 Å². The Bertz CT molecular complexity index is 398. The summed E-state index contributed by atoms with van der Waals surface area (Å²) in [5, 5.41) is 3.21. The van der Waals surface area contributed by atoms with Crippen molar-refractivity contribution in [1.29, 1.82) is 0 Å². The fourth-order valence-corrected chi connectivity index (χ4v) is 2.24. The zero-order chi connectivity index (χ0) is 11.7. The van der Waals surface area contributed by atoms with E-state index in [2.05, 4.69) is 21.2 Å². The standard InChI is InChI=1S/C11H13BrF2N2/c1-7-6-15-4-5-16(7)9-3-2-8(12)10(13)11(9)14/h2-3,7,15H,4-6H2,1H3/t7-/m0/s1. The van der Waals surface area contributed by atoms with E-state index in [0.29, 0.717) is 12.2 Å². The molecule has 1 aromatic carbocycles. The fourth-order valence-electron chi connectivity index (χ4n) is 1.94. The van der Waals surface area contributed by atoms with E-state index in [0.717, 1.165) is 13.1 Å². The smallest absolute Gasteiger partial charge is 0.183 e. The molecule has 1 aliphatic rings. The summed E-state index contributed by atoms with van der Waals surface area (Å²) in [6.45, 7) is 4.27. The van der Waals surface area contributed by atoms with Crippen molar-refractivity contribution in [3.63, 3.8) is 0 Å². The van der Waals surface area contributed by atoms with Gasteiger partial charge >= 0.3 is 0 Å². The van der Waals surface area contributed by atoms with Gasteiger partial charge in [-0.25, -0.2) is 8.78 Å². The largest absolute Gasteiger partial charge is 0.364 e. The lowest BCUT2D eigenvalue weighted by Gasteiger charge is -2.36. The SMILES string of the molecule is C[C@H]1CNCCN1c1ccc(Br)c(F)c1F. The van der Waals surface area contributed by atoms with Gasteiger partial charge in [0.1, 0.15) is 0 Å². The van der Waals surface area contributed by atoms with Gasteiger partial charge in [0.2, 0.25) is 0 Å². The van der Waals surface area contributed by atoms with Gasteiger partial charge in [-0.1, -0.05) is 0 Å². The van der Waals surface area contributed by atoms with Crippen molar-refractivity contribution in [2.24, 2.45) is 0 Å². The predicted octanol–water partition coefficient (Wildman–Crippen LogP) is 2.53. The number of benzene rings is 1. The third-order valence-electron chi connectivity index (χ3n) is 2.83. The number of nitrogens with one attached hydrogen (secondary N) is 1. The third-order valence-corrected chi connectivity index (χ3v) is 3.44. The monoisotopic (exact) mass is 290 g/mol. The molecule has 0 unspecified atom stereocenters. The maximum Gasteiger partial charge on any atom is 0.183 e. The van der Waals surface area contributed by atoms with Crippen molar-refractivity contribution >= 4 is 21.6 Å². The molecule has 0 aromatic heterocycles. The molecule has 0 aliphatic carbocycles. The summed E-state index contributed by atoms with van der Waals surface area (Å²) < 4.78 is 27.3. The Morgan fingerprint density at radius 3 is 2.81 bits per heavy atom. The van der Waals surface area contributed by atoms with Crippen molar-refractivity contribution < 1.29 is 8.78 Å². The van der Waals surface area contributed by atoms with Crippen LogP contribution in [0.1, 0.15) is 6.92 Å². The van der Waals surface area contributed by atoms with E-state index in [1.54, 1.807) is 12.1 Å². The molecule has 5 heteroatoms. The predicted molar refractivity (Wildman–Crippen MR) is 63.7 cm³/mol. The van der Waals surface area contributed by atoms with Crippen LogP contribution in [0.25, 0.3) is 0 Å². The Kier molecular flexibility index (Phi) is 3.44. The summed E-state index contributed by atoms with van der Waals surface area (Å²) in [4.78, 5) is 1.89. The van der Waals surface area contributed by atoms with Crippen LogP contribution in [0.3, 0.4) is 0 Å². The molecule has 1 fully saturated rings. The average Bonchev–Trinajstić information content (AvgIpc) is 2.28. The van der Waals surface area contributed by atoms with Crippen LogP contribution in [-0.4, -0.2) is 25.7 Å². The minimum absolute atomic E-state index is 0.163. The molecule has 0 amide bonds. The van der Waals surface area contributed by atoms with Crippen LogP contribution < -0.4 is 10.2 Å². The second-order valence-corrected chi connectivity index (χ2v) is 4.80. The number of hydrogen-bond acceptors (Lipinski definition) is 2. The lowest BCUT2D eigenvalue weighted by molar-refractivity contribution is 0.470. The Balaban J connectivity index is 2.36. The van der Waals surface area contributed by atoms with Crippen LogP contribution in [-0.2, 0) is 0 Å². The second kappa shape index (κ2) is 4.67. The number of halogens is 3. The first-order chi connectivity index (χ1) is 7.61. The average molecular weight is 291 g/mol. The minimum atomic E-state index is -0.816. The van der Waals surface area contributed by atoms with Crippen LogP contribution >= 0.6 is 15.9 Å². The molecule has 0 saturated carbocycles. The van der Waals surface area contributed by atoms with Gasteiger partial charge in [0, 0.05) is 25.7 Å². The lowest BCUT2D eigenvalue weighted by atomic mass is 10.1. The molecule has 2 rings (SSSR count). The summed E-state index contributed by atoms with van der Waals surface area (Å²) in [6, 6.07) is 3.33. The van der Waals surface area contributed by atoms with Crippen molar-refractivity contribution in [2.75, 3.05) is 24.5 Å². The highest BCUT2D eigenvalue weighted by Crippen LogP contribution is 2.28. The van der Waals surface area contributed by atoms with Gasteiger partial charge in [0.15, 0.2) is 11.6 Å². The molecule has 0 bridgehead atoms. The summed E-state index contributed by atoms with van der Waals surface area (Å²) >= 11 is 2.97. The molecule has 16 heavy (non-hydrogen) atoms. The maximum absolute atomic E-state index is 13.8. The molecular formula is C11H13BrF2N2. The Morgan fingerprint density at radius 2 is 2.12 bits per heavy atom. The summed E-state index contributed by atoms with van der Waals surface area (Å²) in [5.41, 5.74) is 0.342. The van der Waals surface area contributed by atoms with Gasteiger partial charge in [-0.2, -0.15) is 0 Å². The zero-order valence-corrected chi connectivity index (χ0v) is 10.5. The number of hydrogen-bond donors (Lipinski definition) is 1. The highest BCUT2D eigenvalue weighted by molar-refractivity contribution is 9.10. The first-order valence-corrected chi connectivity index (χ1v) is 6.01. The Labute approximate surface area is 102 Å². The summed E-state index contributed by atoms with van der Waals surface area (Å²) in [7, 11) is 0. The van der Waals surface area contributed by atoms with Crippen LogP contribution in [0.5, 0.6) is 0 Å². The van der Waals surface area contributed by atoms with E-state index in [1.165, 1.54) is 0 Å². The topological polar surface area (TPSA) is 15.3 Å². The molecule has 88 valence electrons. The van der Waals surface area contributed by atoms with E-state index >= 15 is 0 Å².